The molecule has 3 heteroatoms. The van der Waals surface area contributed by atoms with E-state index in [4.69, 9.17) is 8.83 Å². The molecular weight excluding hydrogens is 791 g/mol. The first-order valence-electron chi connectivity index (χ1n) is 22.2. The zero-order valence-electron chi connectivity index (χ0n) is 36.0. The second-order valence-electron chi connectivity index (χ2n) is 16.5. The highest BCUT2D eigenvalue weighted by atomic mass is 16.3. The minimum atomic E-state index is 0.843. The van der Waals surface area contributed by atoms with Gasteiger partial charge in [0.2, 0.25) is 0 Å². The van der Waals surface area contributed by atoms with Crippen LogP contribution in [0.15, 0.2) is 257 Å². The van der Waals surface area contributed by atoms with Crippen LogP contribution in [0.25, 0.3) is 88.2 Å². The average molecular weight is 836 g/mol. The molecule has 2 aromatic heterocycles. The summed E-state index contributed by atoms with van der Waals surface area (Å²) in [4.78, 5) is 2.37. The number of nitrogens with zero attached hydrogens (tertiary/aromatic N) is 1. The molecule has 0 atom stereocenters. The zero-order chi connectivity index (χ0) is 43.7. The summed E-state index contributed by atoms with van der Waals surface area (Å²) in [5.41, 5.74) is 13.5. The van der Waals surface area contributed by atoms with E-state index < -0.39 is 0 Å². The Kier molecular flexibility index (Phi) is 10.3. The van der Waals surface area contributed by atoms with E-state index >= 15 is 0 Å². The molecule has 0 aliphatic heterocycles. The van der Waals surface area contributed by atoms with Gasteiger partial charge in [0.15, 0.2) is 0 Å². The summed E-state index contributed by atoms with van der Waals surface area (Å²) >= 11 is 0. The summed E-state index contributed by atoms with van der Waals surface area (Å²) in [5.74, 6) is 0. The lowest BCUT2D eigenvalue weighted by atomic mass is 9.93. The zero-order valence-corrected chi connectivity index (χ0v) is 36.0. The van der Waals surface area contributed by atoms with Crippen molar-refractivity contribution in [3.05, 3.63) is 260 Å². The molecule has 8 aromatic carbocycles. The van der Waals surface area contributed by atoms with Crippen LogP contribution in [0.4, 0.5) is 5.69 Å². The molecule has 1 aliphatic rings. The van der Waals surface area contributed by atoms with Crippen molar-refractivity contribution in [1.29, 1.82) is 0 Å². The number of allylic oxidation sites excluding steroid dienone is 12. The van der Waals surface area contributed by atoms with E-state index in [1.54, 1.807) is 0 Å². The van der Waals surface area contributed by atoms with Gasteiger partial charge in [-0.25, -0.2) is 0 Å². The predicted octanol–water partition coefficient (Wildman–Crippen LogP) is 17.5. The first kappa shape index (κ1) is 39.4. The fraction of sp³-hybridized carbons (Fsp3) is 0.0323. The molecule has 11 rings (SSSR count). The largest absolute Gasteiger partial charge is 0.456 e. The molecule has 0 saturated carbocycles. The molecule has 65 heavy (non-hydrogen) atoms. The SMILES string of the molecule is C=C/C=C(/C=C/C=C(\C=C)N(C1=C(c2ccc3oc4c5ccccc5ccc4c3c2)C=CCC1)c1ccc(-c2ccc3c(c2)oc2ccccc23)cc1)\C=C\c1ccc2ccccc2c1. The fourth-order valence-electron chi connectivity index (χ4n) is 9.29. The Balaban J connectivity index is 0.998. The number of furan rings is 2. The standard InChI is InChI=1S/C62H45NO2/c1-3-14-42(25-26-43-27-28-44-16-5-6-18-47(44)39-43)15-13-19-50(4-2)63(51-34-29-45(30-35-51)48-32-36-55-54-22-10-12-24-59(54)64-61(55)41-48)58-23-11-9-20-52(58)49-33-38-60-57(40-49)56-37-31-46-17-7-8-21-53(46)62(56)65-60/h3-10,12-22,24-41H,1-2,11,23H2/b15-13+,26-25+,42-14-,50-19+. The van der Waals surface area contributed by atoms with Crippen molar-refractivity contribution >= 4 is 82.8 Å². The smallest absolute Gasteiger partial charge is 0.143 e. The lowest BCUT2D eigenvalue weighted by molar-refractivity contribution is 0.669. The van der Waals surface area contributed by atoms with Gasteiger partial charge in [0.05, 0.1) is 0 Å². The lowest BCUT2D eigenvalue weighted by Gasteiger charge is -2.32. The predicted molar refractivity (Wildman–Crippen MR) is 277 cm³/mol. The van der Waals surface area contributed by atoms with Gasteiger partial charge >= 0.3 is 0 Å². The second-order valence-corrected chi connectivity index (χ2v) is 16.5. The summed E-state index contributed by atoms with van der Waals surface area (Å²) in [6.45, 7) is 8.40. The van der Waals surface area contributed by atoms with E-state index in [-0.39, 0.29) is 0 Å². The van der Waals surface area contributed by atoms with Crippen molar-refractivity contribution in [2.24, 2.45) is 0 Å². The van der Waals surface area contributed by atoms with E-state index in [1.165, 1.54) is 21.9 Å². The van der Waals surface area contributed by atoms with Gasteiger partial charge in [0.25, 0.3) is 0 Å². The van der Waals surface area contributed by atoms with Gasteiger partial charge < -0.3 is 13.7 Å². The van der Waals surface area contributed by atoms with Crippen LogP contribution in [0, 0.1) is 0 Å². The van der Waals surface area contributed by atoms with Gasteiger partial charge in [-0.05, 0) is 124 Å². The Morgan fingerprint density at radius 3 is 2.12 bits per heavy atom. The summed E-state index contributed by atoms with van der Waals surface area (Å²) in [6.07, 6.45) is 22.8. The molecule has 0 saturated heterocycles. The summed E-state index contributed by atoms with van der Waals surface area (Å²) in [7, 11) is 0. The molecule has 0 amide bonds. The first-order valence-corrected chi connectivity index (χ1v) is 22.2. The highest BCUT2D eigenvalue weighted by Crippen LogP contribution is 2.41. The van der Waals surface area contributed by atoms with Crippen molar-refractivity contribution in [3.8, 4) is 11.1 Å². The molecule has 10 aromatic rings. The summed E-state index contributed by atoms with van der Waals surface area (Å²) in [5, 5.41) is 9.21. The fourth-order valence-corrected chi connectivity index (χ4v) is 9.29. The molecule has 0 N–H and O–H groups in total. The number of hydrogen-bond acceptors (Lipinski definition) is 3. The minimum Gasteiger partial charge on any atom is -0.456 e. The van der Waals surface area contributed by atoms with Crippen LogP contribution in [0.5, 0.6) is 0 Å². The van der Waals surface area contributed by atoms with E-state index in [0.717, 1.165) is 107 Å². The van der Waals surface area contributed by atoms with Crippen LogP contribution < -0.4 is 4.90 Å². The van der Waals surface area contributed by atoms with Crippen molar-refractivity contribution < 1.29 is 8.83 Å². The quantitative estimate of drug-likeness (QED) is 0.122. The van der Waals surface area contributed by atoms with Crippen LogP contribution in [0.3, 0.4) is 0 Å². The molecule has 3 nitrogen and oxygen atoms in total. The summed E-state index contributed by atoms with van der Waals surface area (Å²) < 4.78 is 12.8. The van der Waals surface area contributed by atoms with Crippen molar-refractivity contribution in [3.63, 3.8) is 0 Å². The van der Waals surface area contributed by atoms with Gasteiger partial charge in [-0.3, -0.25) is 0 Å². The van der Waals surface area contributed by atoms with Crippen LogP contribution in [0.2, 0.25) is 0 Å². The van der Waals surface area contributed by atoms with Gasteiger partial charge in [-0.1, -0.05) is 171 Å². The van der Waals surface area contributed by atoms with Crippen LogP contribution in [-0.2, 0) is 0 Å². The Morgan fingerprint density at radius 1 is 0.538 bits per heavy atom. The number of rotatable bonds is 11. The van der Waals surface area contributed by atoms with E-state index in [1.807, 2.05) is 30.4 Å². The molecule has 2 heterocycles. The maximum atomic E-state index is 6.54. The molecule has 0 unspecified atom stereocenters. The summed E-state index contributed by atoms with van der Waals surface area (Å²) in [6, 6.07) is 58.0. The maximum Gasteiger partial charge on any atom is 0.143 e. The van der Waals surface area contributed by atoms with E-state index in [9.17, 15) is 0 Å². The van der Waals surface area contributed by atoms with Crippen LogP contribution in [0.1, 0.15) is 24.0 Å². The topological polar surface area (TPSA) is 29.5 Å². The Hall–Kier alpha value is -8.40. The van der Waals surface area contributed by atoms with Gasteiger partial charge in [0, 0.05) is 49.6 Å². The van der Waals surface area contributed by atoms with E-state index in [2.05, 4.69) is 212 Å². The highest BCUT2D eigenvalue weighted by Gasteiger charge is 2.22. The third-order valence-corrected chi connectivity index (χ3v) is 12.5. The van der Waals surface area contributed by atoms with Crippen molar-refractivity contribution in [2.75, 3.05) is 4.90 Å². The number of para-hydroxylation sites is 1. The van der Waals surface area contributed by atoms with Crippen LogP contribution >= 0.6 is 0 Å². The number of hydrogen-bond donors (Lipinski definition) is 0. The lowest BCUT2D eigenvalue weighted by Crippen LogP contribution is -2.23. The second kappa shape index (κ2) is 17.0. The molecule has 0 bridgehead atoms. The molecule has 0 spiro atoms. The Morgan fingerprint density at radius 2 is 1.26 bits per heavy atom. The molecular formula is C62H45NO2. The number of fused-ring (bicyclic) bond motifs is 9. The Labute approximate surface area is 378 Å². The molecule has 1 aliphatic carbocycles. The van der Waals surface area contributed by atoms with Gasteiger partial charge in [0.1, 0.15) is 22.3 Å². The van der Waals surface area contributed by atoms with Gasteiger partial charge in [-0.2, -0.15) is 0 Å². The Bertz CT molecular complexity index is 3690. The number of anilines is 1. The molecule has 0 fully saturated rings. The average Bonchev–Trinajstić information content (AvgIpc) is 3.93. The minimum absolute atomic E-state index is 0.843. The first-order chi connectivity index (χ1) is 32.1. The monoisotopic (exact) mass is 835 g/mol. The molecule has 310 valence electrons. The third kappa shape index (κ3) is 7.53. The highest BCUT2D eigenvalue weighted by molar-refractivity contribution is 6.15. The van der Waals surface area contributed by atoms with Crippen LogP contribution in [-0.4, -0.2) is 0 Å². The van der Waals surface area contributed by atoms with E-state index in [0.29, 0.717) is 0 Å². The maximum absolute atomic E-state index is 6.54. The number of benzene rings is 8. The molecule has 0 radical (unpaired) electrons. The normalized spacial score (nSPS) is 13.8. The third-order valence-electron chi connectivity index (χ3n) is 12.5. The van der Waals surface area contributed by atoms with Crippen molar-refractivity contribution in [1.82, 2.24) is 0 Å². The van der Waals surface area contributed by atoms with Crippen molar-refractivity contribution in [2.45, 2.75) is 12.8 Å². The van der Waals surface area contributed by atoms with Gasteiger partial charge in [-0.15, -0.1) is 0 Å².